The topological polar surface area (TPSA) is 59.0 Å². The van der Waals surface area contributed by atoms with Gasteiger partial charge < -0.3 is 4.90 Å². The van der Waals surface area contributed by atoms with Gasteiger partial charge in [-0.15, -0.1) is 10.2 Å². The molecule has 1 aliphatic carbocycles. The molecule has 5 rings (SSSR count). The second-order valence-corrected chi connectivity index (χ2v) is 8.30. The van der Waals surface area contributed by atoms with Crippen molar-refractivity contribution < 1.29 is 4.79 Å². The molecule has 2 heterocycles. The summed E-state index contributed by atoms with van der Waals surface area (Å²) in [5.41, 5.74) is 3.90. The molecule has 6 heteroatoms. The van der Waals surface area contributed by atoms with Gasteiger partial charge in [0.1, 0.15) is 11.4 Å². The van der Waals surface area contributed by atoms with E-state index in [0.717, 1.165) is 54.4 Å². The normalized spacial score (nSPS) is 16.0. The van der Waals surface area contributed by atoms with E-state index in [1.165, 1.54) is 22.5 Å². The second-order valence-electron chi connectivity index (χ2n) is 7.35. The van der Waals surface area contributed by atoms with Gasteiger partial charge in [-0.1, -0.05) is 55.1 Å². The maximum absolute atomic E-state index is 12.5. The van der Waals surface area contributed by atoms with Crippen LogP contribution in [-0.4, -0.2) is 44.8 Å². The van der Waals surface area contributed by atoms with Crippen molar-refractivity contribution >= 4 is 28.4 Å². The standard InChI is InChI=1S/C21H20N4OS/c1-13-8-10-25(11-9-13)17(26)12-27-21-22-19-15-6-2-4-14-5-3-7-16(18(14)15)20(19)23-24-21/h2-7,13H,8-12H2,1H3. The first-order valence-corrected chi connectivity index (χ1v) is 10.4. The van der Waals surface area contributed by atoms with Crippen molar-refractivity contribution in [1.29, 1.82) is 0 Å². The van der Waals surface area contributed by atoms with Gasteiger partial charge in [0.2, 0.25) is 11.1 Å². The first-order valence-electron chi connectivity index (χ1n) is 9.38. The van der Waals surface area contributed by atoms with E-state index in [2.05, 4.69) is 41.4 Å². The van der Waals surface area contributed by atoms with Crippen LogP contribution in [0.25, 0.3) is 33.3 Å². The number of amides is 1. The largest absolute Gasteiger partial charge is 0.342 e. The van der Waals surface area contributed by atoms with Gasteiger partial charge in [0, 0.05) is 29.6 Å². The van der Waals surface area contributed by atoms with Crippen LogP contribution < -0.4 is 0 Å². The first kappa shape index (κ1) is 16.7. The Balaban J connectivity index is 1.37. The monoisotopic (exact) mass is 376 g/mol. The number of nitrogens with zero attached hydrogens (tertiary/aromatic N) is 4. The molecule has 0 unspecified atom stereocenters. The predicted molar refractivity (Wildman–Crippen MR) is 107 cm³/mol. The van der Waals surface area contributed by atoms with Crippen LogP contribution in [0, 0.1) is 5.92 Å². The molecule has 1 amide bonds. The number of aromatic nitrogens is 3. The van der Waals surface area contributed by atoms with E-state index in [0.29, 0.717) is 10.9 Å². The summed E-state index contributed by atoms with van der Waals surface area (Å²) in [7, 11) is 0. The Morgan fingerprint density at radius 3 is 2.52 bits per heavy atom. The smallest absolute Gasteiger partial charge is 0.233 e. The average Bonchev–Trinajstić information content (AvgIpc) is 3.02. The van der Waals surface area contributed by atoms with E-state index in [1.54, 1.807) is 0 Å². The summed E-state index contributed by atoms with van der Waals surface area (Å²) >= 11 is 1.38. The van der Waals surface area contributed by atoms with E-state index in [4.69, 9.17) is 4.98 Å². The first-order chi connectivity index (χ1) is 13.2. The molecule has 2 aromatic carbocycles. The lowest BCUT2D eigenvalue weighted by Gasteiger charge is -2.30. The Hall–Kier alpha value is -2.47. The molecule has 0 bridgehead atoms. The zero-order valence-electron chi connectivity index (χ0n) is 15.2. The summed E-state index contributed by atoms with van der Waals surface area (Å²) in [4.78, 5) is 19.2. The van der Waals surface area contributed by atoms with Crippen LogP contribution in [0.5, 0.6) is 0 Å². The minimum absolute atomic E-state index is 0.168. The fourth-order valence-electron chi connectivity index (χ4n) is 3.95. The molecular formula is C21H20N4OS. The lowest BCUT2D eigenvalue weighted by Crippen LogP contribution is -2.38. The van der Waals surface area contributed by atoms with Crippen molar-refractivity contribution in [3.63, 3.8) is 0 Å². The number of piperidine rings is 1. The van der Waals surface area contributed by atoms with Crippen molar-refractivity contribution in [3.05, 3.63) is 36.4 Å². The summed E-state index contributed by atoms with van der Waals surface area (Å²) < 4.78 is 0. The van der Waals surface area contributed by atoms with Crippen LogP contribution in [0.2, 0.25) is 0 Å². The molecule has 0 saturated carbocycles. The summed E-state index contributed by atoms with van der Waals surface area (Å²) in [5.74, 6) is 1.25. The Morgan fingerprint density at radius 1 is 1.07 bits per heavy atom. The van der Waals surface area contributed by atoms with Gasteiger partial charge in [-0.25, -0.2) is 4.98 Å². The molecular weight excluding hydrogens is 356 g/mol. The number of benzene rings is 2. The van der Waals surface area contributed by atoms with E-state index < -0.39 is 0 Å². The minimum Gasteiger partial charge on any atom is -0.342 e. The third-order valence-electron chi connectivity index (χ3n) is 5.54. The fraction of sp³-hybridized carbons (Fsp3) is 0.333. The van der Waals surface area contributed by atoms with Crippen molar-refractivity contribution in [3.8, 4) is 22.5 Å². The van der Waals surface area contributed by atoms with E-state index >= 15 is 0 Å². The van der Waals surface area contributed by atoms with Crippen LogP contribution in [-0.2, 0) is 4.79 Å². The number of carbonyl (C=O) groups excluding carboxylic acids is 1. The average molecular weight is 376 g/mol. The van der Waals surface area contributed by atoms with Crippen LogP contribution in [0.3, 0.4) is 0 Å². The zero-order valence-corrected chi connectivity index (χ0v) is 16.0. The second kappa shape index (κ2) is 6.60. The third-order valence-corrected chi connectivity index (χ3v) is 6.37. The summed E-state index contributed by atoms with van der Waals surface area (Å²) in [6, 6.07) is 12.5. The number of likely N-dealkylation sites (tertiary alicyclic amines) is 1. The molecule has 27 heavy (non-hydrogen) atoms. The Kier molecular flexibility index (Phi) is 4.08. The number of fused-ring (bicyclic) bond motifs is 3. The van der Waals surface area contributed by atoms with Crippen molar-refractivity contribution in [2.45, 2.75) is 24.9 Å². The van der Waals surface area contributed by atoms with Crippen LogP contribution >= 0.6 is 11.8 Å². The molecule has 1 fully saturated rings. The summed E-state index contributed by atoms with van der Waals surface area (Å²) in [6.07, 6.45) is 2.19. The summed E-state index contributed by atoms with van der Waals surface area (Å²) in [5, 5.41) is 11.7. The van der Waals surface area contributed by atoms with Crippen molar-refractivity contribution in [1.82, 2.24) is 20.1 Å². The van der Waals surface area contributed by atoms with E-state index in [-0.39, 0.29) is 5.91 Å². The molecule has 5 nitrogen and oxygen atoms in total. The molecule has 0 radical (unpaired) electrons. The van der Waals surface area contributed by atoms with Crippen LogP contribution in [0.15, 0.2) is 41.6 Å². The molecule has 0 spiro atoms. The zero-order chi connectivity index (χ0) is 18.4. The number of thioether (sulfide) groups is 1. The van der Waals surface area contributed by atoms with Gasteiger partial charge >= 0.3 is 0 Å². The summed E-state index contributed by atoms with van der Waals surface area (Å²) in [6.45, 7) is 3.97. The highest BCUT2D eigenvalue weighted by Crippen LogP contribution is 2.44. The van der Waals surface area contributed by atoms with Gasteiger partial charge in [-0.2, -0.15) is 0 Å². The quantitative estimate of drug-likeness (QED) is 0.506. The molecule has 1 aromatic heterocycles. The number of rotatable bonds is 3. The highest BCUT2D eigenvalue weighted by atomic mass is 32.2. The SMILES string of the molecule is CC1CCN(C(=O)CSc2nnc3c(n2)-c2cccc4cccc-3c24)CC1. The maximum atomic E-state index is 12.5. The van der Waals surface area contributed by atoms with E-state index in [9.17, 15) is 4.79 Å². The van der Waals surface area contributed by atoms with Crippen molar-refractivity contribution in [2.24, 2.45) is 5.92 Å². The van der Waals surface area contributed by atoms with Crippen LogP contribution in [0.4, 0.5) is 0 Å². The minimum atomic E-state index is 0.168. The number of hydrogen-bond acceptors (Lipinski definition) is 5. The van der Waals surface area contributed by atoms with Crippen molar-refractivity contribution in [2.75, 3.05) is 18.8 Å². The molecule has 136 valence electrons. The number of hydrogen-bond donors (Lipinski definition) is 0. The Morgan fingerprint density at radius 2 is 1.78 bits per heavy atom. The highest BCUT2D eigenvalue weighted by molar-refractivity contribution is 7.99. The predicted octanol–water partition coefficient (Wildman–Crippen LogP) is 4.02. The molecule has 2 aliphatic rings. The Labute approximate surface area is 162 Å². The van der Waals surface area contributed by atoms with Gasteiger partial charge in [-0.3, -0.25) is 4.79 Å². The fourth-order valence-corrected chi connectivity index (χ4v) is 4.64. The number of carbonyl (C=O) groups is 1. The third kappa shape index (κ3) is 2.88. The molecule has 3 aromatic rings. The molecule has 1 aliphatic heterocycles. The molecule has 0 N–H and O–H groups in total. The maximum Gasteiger partial charge on any atom is 0.233 e. The van der Waals surface area contributed by atoms with Gasteiger partial charge in [0.05, 0.1) is 5.75 Å². The van der Waals surface area contributed by atoms with Gasteiger partial charge in [0.25, 0.3) is 0 Å². The van der Waals surface area contributed by atoms with Gasteiger partial charge in [-0.05, 0) is 24.1 Å². The lowest BCUT2D eigenvalue weighted by atomic mass is 9.99. The lowest BCUT2D eigenvalue weighted by molar-refractivity contribution is -0.129. The van der Waals surface area contributed by atoms with Gasteiger partial charge in [0.15, 0.2) is 0 Å². The molecule has 1 saturated heterocycles. The highest BCUT2D eigenvalue weighted by Gasteiger charge is 2.25. The molecule has 0 atom stereocenters. The van der Waals surface area contributed by atoms with E-state index in [1.807, 2.05) is 17.0 Å². The van der Waals surface area contributed by atoms with Crippen LogP contribution in [0.1, 0.15) is 19.8 Å². The Bertz CT molecular complexity index is 1040.